The number of likely N-dealkylation sites (tertiary alicyclic amines) is 1. The molecule has 0 aromatic heterocycles. The number of benzene rings is 1. The number of ether oxygens (including phenoxy) is 2. The fraction of sp³-hybridized carbons (Fsp3) is 0.652. The molecular formula is C23H35N3O6S. The molecule has 184 valence electrons. The number of hydrogen-bond donors (Lipinski definition) is 2. The number of hydrogen-bond acceptors (Lipinski definition) is 6. The number of fused-ring (bicyclic) bond motifs is 1. The molecule has 1 fully saturated rings. The van der Waals surface area contributed by atoms with Crippen LogP contribution in [0, 0.1) is 11.8 Å². The van der Waals surface area contributed by atoms with Crippen LogP contribution in [0.4, 0.5) is 0 Å². The largest absolute Gasteiger partial charge is 0.490 e. The molecule has 1 aromatic carbocycles. The fourth-order valence-electron chi connectivity index (χ4n) is 3.98. The third-order valence-electron chi connectivity index (χ3n) is 5.85. The van der Waals surface area contributed by atoms with Crippen LogP contribution in [-0.4, -0.2) is 63.5 Å². The van der Waals surface area contributed by atoms with Gasteiger partial charge in [0, 0.05) is 37.5 Å². The average molecular weight is 482 g/mol. The van der Waals surface area contributed by atoms with E-state index in [4.69, 9.17) is 9.47 Å². The summed E-state index contributed by atoms with van der Waals surface area (Å²) in [6.45, 7) is 9.25. The molecule has 0 spiro atoms. The van der Waals surface area contributed by atoms with Crippen LogP contribution in [0.1, 0.15) is 47.0 Å². The van der Waals surface area contributed by atoms with Crippen molar-refractivity contribution >= 4 is 21.8 Å². The Morgan fingerprint density at radius 2 is 1.67 bits per heavy atom. The molecule has 2 aliphatic rings. The second-order valence-corrected chi connectivity index (χ2v) is 11.0. The van der Waals surface area contributed by atoms with Gasteiger partial charge in [-0.15, -0.1) is 0 Å². The van der Waals surface area contributed by atoms with Gasteiger partial charge in [0.15, 0.2) is 11.5 Å². The number of nitrogens with one attached hydrogen (secondary N) is 2. The van der Waals surface area contributed by atoms with Crippen LogP contribution in [-0.2, 0) is 19.6 Å². The lowest BCUT2D eigenvalue weighted by Gasteiger charge is -2.35. The van der Waals surface area contributed by atoms with Crippen LogP contribution in [0.15, 0.2) is 23.1 Å². The Kier molecular flexibility index (Phi) is 8.23. The summed E-state index contributed by atoms with van der Waals surface area (Å²) in [5, 5.41) is 2.92. The van der Waals surface area contributed by atoms with E-state index in [-0.39, 0.29) is 34.6 Å². The maximum atomic E-state index is 13.2. The molecule has 0 radical (unpaired) electrons. The monoisotopic (exact) mass is 481 g/mol. The van der Waals surface area contributed by atoms with Gasteiger partial charge in [-0.05, 0) is 44.7 Å². The van der Waals surface area contributed by atoms with Crippen LogP contribution in [0.3, 0.4) is 0 Å². The summed E-state index contributed by atoms with van der Waals surface area (Å²) in [7, 11) is -3.97. The van der Waals surface area contributed by atoms with Gasteiger partial charge in [0.25, 0.3) is 0 Å². The SMILES string of the molecule is CC(C)NC(=O)C1CCN(C(=O)C(NS(=O)(=O)c2ccc3c(c2)OCCCO3)C(C)C)CC1. The minimum atomic E-state index is -3.97. The Bertz CT molecular complexity index is 955. The lowest BCUT2D eigenvalue weighted by molar-refractivity contribution is -0.138. The second-order valence-electron chi connectivity index (χ2n) is 9.26. The summed E-state index contributed by atoms with van der Waals surface area (Å²) in [5.74, 6) is 0.234. The molecule has 2 amide bonds. The highest BCUT2D eigenvalue weighted by molar-refractivity contribution is 7.89. The summed E-state index contributed by atoms with van der Waals surface area (Å²) in [6, 6.07) is 3.63. The summed E-state index contributed by atoms with van der Waals surface area (Å²) in [6.07, 6.45) is 1.84. The molecule has 9 nitrogen and oxygen atoms in total. The molecule has 3 rings (SSSR count). The van der Waals surface area contributed by atoms with Crippen molar-refractivity contribution < 1.29 is 27.5 Å². The zero-order chi connectivity index (χ0) is 24.2. The van der Waals surface area contributed by atoms with Crippen LogP contribution >= 0.6 is 0 Å². The van der Waals surface area contributed by atoms with E-state index in [0.29, 0.717) is 50.6 Å². The van der Waals surface area contributed by atoms with Gasteiger partial charge in [-0.25, -0.2) is 8.42 Å². The van der Waals surface area contributed by atoms with E-state index in [1.54, 1.807) is 11.0 Å². The molecule has 10 heteroatoms. The summed E-state index contributed by atoms with van der Waals surface area (Å²) < 4.78 is 40.0. The highest BCUT2D eigenvalue weighted by Crippen LogP contribution is 2.32. The number of rotatable bonds is 7. The first-order valence-corrected chi connectivity index (χ1v) is 13.1. The van der Waals surface area contributed by atoms with E-state index in [9.17, 15) is 18.0 Å². The van der Waals surface area contributed by atoms with Crippen molar-refractivity contribution in [2.75, 3.05) is 26.3 Å². The predicted octanol–water partition coefficient (Wildman–Crippen LogP) is 1.91. The number of sulfonamides is 1. The predicted molar refractivity (Wildman–Crippen MR) is 124 cm³/mol. The fourth-order valence-corrected chi connectivity index (χ4v) is 5.33. The normalized spacial score (nSPS) is 18.2. The van der Waals surface area contributed by atoms with Crippen molar-refractivity contribution in [2.24, 2.45) is 11.8 Å². The Labute approximate surface area is 196 Å². The van der Waals surface area contributed by atoms with Gasteiger partial charge in [0.2, 0.25) is 21.8 Å². The number of piperidine rings is 1. The number of nitrogens with zero attached hydrogens (tertiary/aromatic N) is 1. The van der Waals surface area contributed by atoms with Crippen molar-refractivity contribution in [3.05, 3.63) is 18.2 Å². The van der Waals surface area contributed by atoms with E-state index < -0.39 is 16.1 Å². The molecule has 33 heavy (non-hydrogen) atoms. The molecule has 0 aliphatic carbocycles. The molecular weight excluding hydrogens is 446 g/mol. The quantitative estimate of drug-likeness (QED) is 0.615. The standard InChI is InChI=1S/C23H35N3O6S/c1-15(2)21(23(28)26-10-8-17(9-11-26)22(27)24-16(3)4)25-33(29,30)18-6-7-19-20(14-18)32-13-5-12-31-19/h6-7,14-17,21,25H,5,8-13H2,1-4H3,(H,24,27). The van der Waals surface area contributed by atoms with E-state index in [0.717, 1.165) is 6.42 Å². The third kappa shape index (κ3) is 6.38. The third-order valence-corrected chi connectivity index (χ3v) is 7.29. The highest BCUT2D eigenvalue weighted by Gasteiger charge is 2.35. The zero-order valence-electron chi connectivity index (χ0n) is 19.8. The van der Waals surface area contributed by atoms with Crippen LogP contribution in [0.25, 0.3) is 0 Å². The maximum Gasteiger partial charge on any atom is 0.241 e. The van der Waals surface area contributed by atoms with Crippen LogP contribution in [0.2, 0.25) is 0 Å². The molecule has 2 aliphatic heterocycles. The molecule has 1 unspecified atom stereocenters. The van der Waals surface area contributed by atoms with Crippen molar-refractivity contribution in [1.29, 1.82) is 0 Å². The smallest absolute Gasteiger partial charge is 0.241 e. The minimum Gasteiger partial charge on any atom is -0.490 e. The maximum absolute atomic E-state index is 13.2. The van der Waals surface area contributed by atoms with Gasteiger partial charge < -0.3 is 19.7 Å². The van der Waals surface area contributed by atoms with E-state index in [2.05, 4.69) is 10.0 Å². The lowest BCUT2D eigenvalue weighted by Crippen LogP contribution is -2.53. The Hall–Kier alpha value is -2.33. The number of carbonyl (C=O) groups is 2. The molecule has 0 saturated carbocycles. The van der Waals surface area contributed by atoms with E-state index >= 15 is 0 Å². The lowest BCUT2D eigenvalue weighted by atomic mass is 9.94. The van der Waals surface area contributed by atoms with Gasteiger partial charge in [-0.3, -0.25) is 9.59 Å². The molecule has 1 saturated heterocycles. The van der Waals surface area contributed by atoms with Crippen molar-refractivity contribution in [1.82, 2.24) is 14.9 Å². The van der Waals surface area contributed by atoms with Crippen molar-refractivity contribution in [3.63, 3.8) is 0 Å². The number of amides is 2. The van der Waals surface area contributed by atoms with Gasteiger partial charge >= 0.3 is 0 Å². The Morgan fingerprint density at radius 1 is 1.03 bits per heavy atom. The molecule has 2 N–H and O–H groups in total. The van der Waals surface area contributed by atoms with Gasteiger partial charge in [0.05, 0.1) is 18.1 Å². The van der Waals surface area contributed by atoms with Gasteiger partial charge in [0.1, 0.15) is 6.04 Å². The summed E-state index contributed by atoms with van der Waals surface area (Å²) in [5.41, 5.74) is 0. The van der Waals surface area contributed by atoms with Crippen LogP contribution < -0.4 is 19.5 Å². The molecule has 2 heterocycles. The average Bonchev–Trinajstić information content (AvgIpc) is 3.01. The van der Waals surface area contributed by atoms with E-state index in [1.165, 1.54) is 12.1 Å². The first kappa shape index (κ1) is 25.3. The van der Waals surface area contributed by atoms with Crippen molar-refractivity contribution in [2.45, 2.75) is 63.9 Å². The van der Waals surface area contributed by atoms with Crippen molar-refractivity contribution in [3.8, 4) is 11.5 Å². The zero-order valence-corrected chi connectivity index (χ0v) is 20.6. The van der Waals surface area contributed by atoms with Gasteiger partial charge in [-0.2, -0.15) is 4.72 Å². The van der Waals surface area contributed by atoms with Gasteiger partial charge in [-0.1, -0.05) is 13.8 Å². The highest BCUT2D eigenvalue weighted by atomic mass is 32.2. The minimum absolute atomic E-state index is 0.00706. The summed E-state index contributed by atoms with van der Waals surface area (Å²) in [4.78, 5) is 27.2. The van der Waals surface area contributed by atoms with E-state index in [1.807, 2.05) is 27.7 Å². The number of carbonyl (C=O) groups excluding carboxylic acids is 2. The second kappa shape index (κ2) is 10.7. The first-order chi connectivity index (χ1) is 15.6. The Morgan fingerprint density at radius 3 is 2.27 bits per heavy atom. The van der Waals surface area contributed by atoms with Crippen LogP contribution in [0.5, 0.6) is 11.5 Å². The Balaban J connectivity index is 1.68. The molecule has 0 bridgehead atoms. The molecule has 1 atom stereocenters. The topological polar surface area (TPSA) is 114 Å². The first-order valence-electron chi connectivity index (χ1n) is 11.6. The summed E-state index contributed by atoms with van der Waals surface area (Å²) >= 11 is 0. The molecule has 1 aromatic rings.